The van der Waals surface area contributed by atoms with Gasteiger partial charge in [0.2, 0.25) is 0 Å². The van der Waals surface area contributed by atoms with E-state index in [0.717, 1.165) is 12.1 Å². The molecule has 0 bridgehead atoms. The minimum Gasteiger partial charge on any atom is -1.00 e. The van der Waals surface area contributed by atoms with Gasteiger partial charge in [-0.1, -0.05) is 0 Å². The van der Waals surface area contributed by atoms with Gasteiger partial charge in [0.25, 0.3) is 5.69 Å². The average Bonchev–Trinajstić information content (AvgIpc) is 2.17. The first-order chi connectivity index (χ1) is 7.44. The molecule has 0 atom stereocenters. The Bertz CT molecular complexity index is 365. The molecule has 1 aromatic carbocycles. The van der Waals surface area contributed by atoms with E-state index >= 15 is 0 Å². The van der Waals surface area contributed by atoms with Crippen molar-refractivity contribution in [3.05, 3.63) is 39.9 Å². The van der Waals surface area contributed by atoms with Crippen LogP contribution in [-0.2, 0) is 6.54 Å². The quantitative estimate of drug-likeness (QED) is 0.385. The molecule has 0 fully saturated rings. The van der Waals surface area contributed by atoms with Crippen LogP contribution in [0.1, 0.15) is 5.56 Å². The van der Waals surface area contributed by atoms with Gasteiger partial charge in [-0.05, 0) is 12.1 Å². The normalized spacial score (nSPS) is 10.8. The Morgan fingerprint density at radius 2 is 1.82 bits per heavy atom. The zero-order valence-corrected chi connectivity index (χ0v) is 10.7. The lowest BCUT2D eigenvalue weighted by molar-refractivity contribution is -0.903. The zero-order chi connectivity index (χ0) is 12.2. The number of quaternary nitrogens is 1. The fourth-order valence-corrected chi connectivity index (χ4v) is 1.57. The van der Waals surface area contributed by atoms with Crippen molar-refractivity contribution in [2.75, 3.05) is 27.2 Å². The number of non-ortho nitro benzene ring substituents is 1. The number of hydrogen-bond acceptors (Lipinski definition) is 3. The van der Waals surface area contributed by atoms with Gasteiger partial charge in [-0.2, -0.15) is 0 Å². The van der Waals surface area contributed by atoms with Crippen LogP contribution in [0.3, 0.4) is 0 Å². The van der Waals surface area contributed by atoms with Crippen molar-refractivity contribution in [3.63, 3.8) is 0 Å². The number of aliphatic hydroxyl groups excluding tert-OH is 1. The minimum absolute atomic E-state index is 0. The predicted octanol–water partition coefficient (Wildman–Crippen LogP) is -1.83. The molecule has 0 aliphatic carbocycles. The van der Waals surface area contributed by atoms with Crippen LogP contribution in [0.15, 0.2) is 24.3 Å². The maximum Gasteiger partial charge on any atom is 0.269 e. The molecule has 0 saturated heterocycles. The summed E-state index contributed by atoms with van der Waals surface area (Å²) in [5.41, 5.74) is 1.14. The highest BCUT2D eigenvalue weighted by Crippen LogP contribution is 2.14. The summed E-state index contributed by atoms with van der Waals surface area (Å²) in [6.07, 6.45) is 0. The molecule has 0 unspecified atom stereocenters. The number of hydrogen-bond donors (Lipinski definition) is 1. The van der Waals surface area contributed by atoms with Crippen LogP contribution >= 0.6 is 0 Å². The minimum atomic E-state index is -0.405. The number of nitro benzene ring substituents is 1. The molecule has 5 nitrogen and oxygen atoms in total. The third kappa shape index (κ3) is 5.12. The third-order valence-electron chi connectivity index (χ3n) is 2.46. The number of likely N-dealkylation sites (N-methyl/N-ethyl adjacent to an activating group) is 1. The fraction of sp³-hybridized carbons (Fsp3) is 0.455. The van der Waals surface area contributed by atoms with Crippen LogP contribution in [0, 0.1) is 10.1 Å². The lowest BCUT2D eigenvalue weighted by atomic mass is 10.2. The number of nitrogens with zero attached hydrogens (tertiary/aromatic N) is 2. The van der Waals surface area contributed by atoms with E-state index in [1.54, 1.807) is 12.1 Å². The Balaban J connectivity index is 0.00000256. The van der Waals surface area contributed by atoms with E-state index in [2.05, 4.69) is 0 Å². The van der Waals surface area contributed by atoms with Crippen molar-refractivity contribution in [2.45, 2.75) is 6.54 Å². The molecule has 0 spiro atoms. The Kier molecular flexibility index (Phi) is 6.09. The van der Waals surface area contributed by atoms with E-state index in [0.29, 0.717) is 11.0 Å². The molecule has 96 valence electrons. The van der Waals surface area contributed by atoms with Gasteiger partial charge in [-0.15, -0.1) is 0 Å². The molecular formula is C11H17ClN2O3. The van der Waals surface area contributed by atoms with Crippen molar-refractivity contribution < 1.29 is 26.9 Å². The van der Waals surface area contributed by atoms with Gasteiger partial charge in [-0.25, -0.2) is 0 Å². The average molecular weight is 261 g/mol. The summed E-state index contributed by atoms with van der Waals surface area (Å²) in [5.74, 6) is 0. The molecule has 17 heavy (non-hydrogen) atoms. The molecular weight excluding hydrogens is 244 g/mol. The number of nitro groups is 1. The third-order valence-corrected chi connectivity index (χ3v) is 2.46. The first-order valence-electron chi connectivity index (χ1n) is 5.11. The molecule has 0 aromatic heterocycles. The van der Waals surface area contributed by atoms with Crippen molar-refractivity contribution >= 4 is 5.69 Å². The summed E-state index contributed by atoms with van der Waals surface area (Å²) in [6, 6.07) is 6.54. The molecule has 0 saturated carbocycles. The fourth-order valence-electron chi connectivity index (χ4n) is 1.57. The first-order valence-corrected chi connectivity index (χ1v) is 5.11. The molecule has 0 aliphatic rings. The van der Waals surface area contributed by atoms with Crippen LogP contribution in [0.2, 0.25) is 0 Å². The number of aliphatic hydroxyl groups is 1. The largest absolute Gasteiger partial charge is 1.00 e. The van der Waals surface area contributed by atoms with E-state index in [1.165, 1.54) is 12.1 Å². The molecule has 1 aromatic rings. The van der Waals surface area contributed by atoms with Crippen molar-refractivity contribution in [1.82, 2.24) is 0 Å². The number of benzene rings is 1. The van der Waals surface area contributed by atoms with Gasteiger partial charge in [0.05, 0.1) is 25.6 Å². The smallest absolute Gasteiger partial charge is 0.269 e. The van der Waals surface area contributed by atoms with E-state index < -0.39 is 4.92 Å². The maximum absolute atomic E-state index is 10.5. The van der Waals surface area contributed by atoms with Crippen LogP contribution in [0.4, 0.5) is 5.69 Å². The molecule has 6 heteroatoms. The lowest BCUT2D eigenvalue weighted by Gasteiger charge is -2.28. The van der Waals surface area contributed by atoms with Gasteiger partial charge in [-0.3, -0.25) is 10.1 Å². The summed E-state index contributed by atoms with van der Waals surface area (Å²) in [7, 11) is 4.02. The molecule has 0 heterocycles. The van der Waals surface area contributed by atoms with E-state index in [-0.39, 0.29) is 24.7 Å². The van der Waals surface area contributed by atoms with Crippen molar-refractivity contribution in [1.29, 1.82) is 0 Å². The van der Waals surface area contributed by atoms with Crippen molar-refractivity contribution in [2.24, 2.45) is 0 Å². The van der Waals surface area contributed by atoms with Gasteiger partial charge in [0, 0.05) is 17.7 Å². The summed E-state index contributed by atoms with van der Waals surface area (Å²) >= 11 is 0. The summed E-state index contributed by atoms with van der Waals surface area (Å²) < 4.78 is 0.661. The van der Waals surface area contributed by atoms with E-state index in [9.17, 15) is 10.1 Å². The highest BCUT2D eigenvalue weighted by molar-refractivity contribution is 5.32. The molecule has 0 amide bonds. The second kappa shape index (κ2) is 6.54. The lowest BCUT2D eigenvalue weighted by Crippen LogP contribution is -3.00. The Morgan fingerprint density at radius 1 is 1.29 bits per heavy atom. The summed E-state index contributed by atoms with van der Waals surface area (Å²) in [6.45, 7) is 1.55. The van der Waals surface area contributed by atoms with Crippen LogP contribution < -0.4 is 12.4 Å². The monoisotopic (exact) mass is 260 g/mol. The molecule has 1 N–H and O–H groups in total. The zero-order valence-electron chi connectivity index (χ0n) is 9.97. The van der Waals surface area contributed by atoms with Crippen LogP contribution in [0.25, 0.3) is 0 Å². The Hall–Kier alpha value is -1.17. The summed E-state index contributed by atoms with van der Waals surface area (Å²) in [5, 5.41) is 19.4. The van der Waals surface area contributed by atoms with Gasteiger partial charge in [0.15, 0.2) is 0 Å². The molecule has 1 rings (SSSR count). The second-order valence-corrected chi connectivity index (χ2v) is 4.46. The first kappa shape index (κ1) is 15.8. The standard InChI is InChI=1S/C11H17N2O3.ClH/c1-13(2,7-8-14)9-10-3-5-11(6-4-10)12(15)16;/h3-6,14H,7-9H2,1-2H3;1H/q+1;/p-1. The second-order valence-electron chi connectivity index (χ2n) is 4.46. The van der Waals surface area contributed by atoms with Gasteiger partial charge in [0.1, 0.15) is 13.1 Å². The molecule has 0 aliphatic heterocycles. The van der Waals surface area contributed by atoms with E-state index in [1.807, 2.05) is 14.1 Å². The Labute approximate surface area is 107 Å². The maximum atomic E-state index is 10.5. The molecule has 0 radical (unpaired) electrons. The number of rotatable bonds is 5. The number of halogens is 1. The Morgan fingerprint density at radius 3 is 2.24 bits per heavy atom. The van der Waals surface area contributed by atoms with Crippen molar-refractivity contribution in [3.8, 4) is 0 Å². The highest BCUT2D eigenvalue weighted by atomic mass is 35.5. The highest BCUT2D eigenvalue weighted by Gasteiger charge is 2.15. The predicted molar refractivity (Wildman–Crippen MR) is 60.9 cm³/mol. The SMILES string of the molecule is C[N+](C)(CCO)Cc1ccc([N+](=O)[O-])cc1.[Cl-]. The van der Waals surface area contributed by atoms with Crippen LogP contribution in [0.5, 0.6) is 0 Å². The summed E-state index contributed by atoms with van der Waals surface area (Å²) in [4.78, 5) is 10.1. The van der Waals surface area contributed by atoms with Crippen LogP contribution in [-0.4, -0.2) is 41.8 Å². The van der Waals surface area contributed by atoms with Gasteiger partial charge < -0.3 is 22.0 Å². The topological polar surface area (TPSA) is 63.4 Å². The van der Waals surface area contributed by atoms with E-state index in [4.69, 9.17) is 5.11 Å². The van der Waals surface area contributed by atoms with Gasteiger partial charge >= 0.3 is 0 Å².